The molecule has 0 saturated carbocycles. The Morgan fingerprint density at radius 3 is 3.25 bits per heavy atom. The van der Waals surface area contributed by atoms with Crippen molar-refractivity contribution in [2.75, 3.05) is 27.5 Å². The number of rotatable bonds is 4. The summed E-state index contributed by atoms with van der Waals surface area (Å²) in [6.07, 6.45) is 0.905. The summed E-state index contributed by atoms with van der Waals surface area (Å²) in [7, 11) is -2.62. The van der Waals surface area contributed by atoms with Crippen LogP contribution in [0.2, 0.25) is 0 Å². The Morgan fingerprint density at radius 2 is 2.44 bits per heavy atom. The number of ether oxygens (including phenoxy) is 1. The number of methoxy groups -OCH3 is 1. The minimum Gasteiger partial charge on any atom is -0.497 e. The molecule has 0 aliphatic heterocycles. The number of H-pyrrole nitrogens is 1. The van der Waals surface area contributed by atoms with Crippen molar-refractivity contribution in [3.8, 4) is 5.75 Å². The number of benzene rings is 1. The first kappa shape index (κ1) is 3.77. The van der Waals surface area contributed by atoms with E-state index in [0.717, 1.165) is 0 Å². The number of fused-ring (bicyclic) bond motifs is 1. The van der Waals surface area contributed by atoms with Crippen LogP contribution in [0.1, 0.15) is 20.6 Å². The van der Waals surface area contributed by atoms with Crippen LogP contribution in [0.3, 0.4) is 0 Å². The second-order valence-corrected chi connectivity index (χ2v) is 3.29. The number of aromatic amines is 1. The number of aryl methyl sites for hydroxylation is 1. The molecule has 1 N–H and O–H groups in total. The molecule has 1 heterocycles. The van der Waals surface area contributed by atoms with Crippen molar-refractivity contribution in [2.24, 2.45) is 0 Å². The van der Waals surface area contributed by atoms with Crippen LogP contribution in [0.25, 0.3) is 10.9 Å². The van der Waals surface area contributed by atoms with Gasteiger partial charge in [0.1, 0.15) is 5.75 Å². The number of hydrogen-bond acceptors (Lipinski definition) is 2. The third-order valence-electron chi connectivity index (χ3n) is 2.28. The zero-order valence-electron chi connectivity index (χ0n) is 19.4. The van der Waals surface area contributed by atoms with E-state index in [-0.39, 0.29) is 10.6 Å². The van der Waals surface area contributed by atoms with Gasteiger partial charge in [0.2, 0.25) is 0 Å². The first-order valence-electron chi connectivity index (χ1n) is 10.1. The summed E-state index contributed by atoms with van der Waals surface area (Å²) < 4.78 is 86.6. The smallest absolute Gasteiger partial charge is 0.120 e. The molecule has 0 radical (unpaired) electrons. The SMILES string of the molecule is [2H]C([2H])([2H])Oc1ccc2c(CC([2H])([2H])N(C([2H])([2H])[2H])C([2H])([2H])[2H])c[nH]c2c1. The van der Waals surface area contributed by atoms with Crippen LogP contribution in [0, 0.1) is 0 Å². The second kappa shape index (κ2) is 4.58. The highest BCUT2D eigenvalue weighted by Crippen LogP contribution is 2.23. The van der Waals surface area contributed by atoms with Crippen molar-refractivity contribution in [1.29, 1.82) is 0 Å². The van der Waals surface area contributed by atoms with Crippen LogP contribution in [-0.2, 0) is 6.42 Å². The van der Waals surface area contributed by atoms with E-state index in [1.54, 1.807) is 0 Å². The fraction of sp³-hybridized carbons (Fsp3) is 0.385. The quantitative estimate of drug-likeness (QED) is 0.871. The van der Waals surface area contributed by atoms with Crippen molar-refractivity contribution in [3.05, 3.63) is 30.0 Å². The Morgan fingerprint density at radius 1 is 1.50 bits per heavy atom. The molecule has 1 aromatic carbocycles. The van der Waals surface area contributed by atoms with Crippen molar-refractivity contribution >= 4 is 10.9 Å². The lowest BCUT2D eigenvalue weighted by Gasteiger charge is -2.08. The molecule has 2 aromatic rings. The van der Waals surface area contributed by atoms with E-state index in [1.807, 2.05) is 0 Å². The normalized spacial score (nSPS) is 24.7. The van der Waals surface area contributed by atoms with E-state index in [2.05, 4.69) is 4.98 Å². The van der Waals surface area contributed by atoms with E-state index < -0.39 is 33.9 Å². The minimum atomic E-state index is -3.17. The molecule has 1 aromatic heterocycles. The lowest BCUT2D eigenvalue weighted by atomic mass is 10.1. The Kier molecular flexibility index (Phi) is 1.08. The van der Waals surface area contributed by atoms with Crippen LogP contribution < -0.4 is 4.74 Å². The highest BCUT2D eigenvalue weighted by molar-refractivity contribution is 5.84. The molecule has 16 heavy (non-hydrogen) atoms. The molecule has 0 saturated heterocycles. The van der Waals surface area contributed by atoms with Gasteiger partial charge in [0, 0.05) is 40.6 Å². The molecule has 0 aliphatic rings. The lowest BCUT2D eigenvalue weighted by Crippen LogP contribution is -2.14. The van der Waals surface area contributed by atoms with Crippen molar-refractivity contribution in [2.45, 2.75) is 6.42 Å². The first-order valence-corrected chi connectivity index (χ1v) is 4.60. The molecule has 3 nitrogen and oxygen atoms in total. The molecule has 0 amide bonds. The molecule has 0 unspecified atom stereocenters. The van der Waals surface area contributed by atoms with Crippen molar-refractivity contribution in [1.82, 2.24) is 9.88 Å². The summed E-state index contributed by atoms with van der Waals surface area (Å²) in [6.45, 7) is -9.03. The molecule has 2 rings (SSSR count). The fourth-order valence-corrected chi connectivity index (χ4v) is 1.54. The van der Waals surface area contributed by atoms with E-state index in [1.165, 1.54) is 24.4 Å². The average molecular weight is 229 g/mol. The summed E-state index contributed by atoms with van der Waals surface area (Å²) in [5.41, 5.74) is 0.783. The monoisotopic (exact) mass is 229 g/mol. The van der Waals surface area contributed by atoms with Crippen LogP contribution in [-0.4, -0.2) is 37.4 Å². The number of nitrogens with one attached hydrogen (secondary N) is 1. The summed E-state index contributed by atoms with van der Waals surface area (Å²) in [6, 6.07) is 4.28. The molecular formula is C13H18N2O. The maximum Gasteiger partial charge on any atom is 0.120 e. The van der Waals surface area contributed by atoms with Crippen molar-refractivity contribution in [3.63, 3.8) is 0 Å². The average Bonchev–Trinajstić information content (AvgIpc) is 2.74. The molecule has 0 aliphatic carbocycles. The molecule has 0 spiro atoms. The third kappa shape index (κ3) is 2.19. The van der Waals surface area contributed by atoms with Gasteiger partial charge >= 0.3 is 0 Å². The summed E-state index contributed by atoms with van der Waals surface area (Å²) in [4.78, 5) is 2.72. The predicted octanol–water partition coefficient (Wildman–Crippen LogP) is 2.28. The van der Waals surface area contributed by atoms with E-state index in [0.29, 0.717) is 16.5 Å². The second-order valence-electron chi connectivity index (χ2n) is 3.29. The van der Waals surface area contributed by atoms with Gasteiger partial charge in [0.25, 0.3) is 0 Å². The molecule has 0 atom stereocenters. The van der Waals surface area contributed by atoms with E-state index in [4.69, 9.17) is 19.8 Å². The zero-order valence-corrected chi connectivity index (χ0v) is 8.37. The maximum atomic E-state index is 8.07. The van der Waals surface area contributed by atoms with Gasteiger partial charge in [-0.05, 0) is 38.1 Å². The number of hydrogen-bond donors (Lipinski definition) is 1. The summed E-state index contributed by atoms with van der Waals surface area (Å²) in [5, 5.41) is 0.493. The van der Waals surface area contributed by atoms with Gasteiger partial charge in [-0.25, -0.2) is 0 Å². The Labute approximate surface area is 111 Å². The largest absolute Gasteiger partial charge is 0.497 e. The van der Waals surface area contributed by atoms with Gasteiger partial charge in [-0.3, -0.25) is 0 Å². The van der Waals surface area contributed by atoms with Crippen LogP contribution in [0.5, 0.6) is 5.75 Å². The predicted molar refractivity (Wildman–Crippen MR) is 67.1 cm³/mol. The Bertz CT molecular complexity index is 789. The Hall–Kier alpha value is -1.48. The van der Waals surface area contributed by atoms with Crippen LogP contribution in [0.15, 0.2) is 24.4 Å². The fourth-order valence-electron chi connectivity index (χ4n) is 1.54. The van der Waals surface area contributed by atoms with Crippen LogP contribution in [0.4, 0.5) is 0 Å². The molecule has 0 fully saturated rings. The van der Waals surface area contributed by atoms with Gasteiger partial charge in [-0.2, -0.15) is 0 Å². The van der Waals surface area contributed by atoms with Gasteiger partial charge in [0.15, 0.2) is 0 Å². The topological polar surface area (TPSA) is 28.3 Å². The van der Waals surface area contributed by atoms with Gasteiger partial charge in [0.05, 0.1) is 11.2 Å². The van der Waals surface area contributed by atoms with Gasteiger partial charge in [-0.15, -0.1) is 0 Å². The number of likely N-dealkylation sites (N-methyl/N-ethyl adjacent to an activating group) is 1. The van der Waals surface area contributed by atoms with Crippen molar-refractivity contribution < 1.29 is 19.8 Å². The van der Waals surface area contributed by atoms with E-state index >= 15 is 0 Å². The number of aromatic nitrogens is 1. The molecule has 3 heteroatoms. The maximum absolute atomic E-state index is 8.07. The molecule has 86 valence electrons. The molecular weight excluding hydrogens is 200 g/mol. The standard InChI is InChI=1S/C13H18N2O/c1-15(2)7-6-10-9-14-13-8-11(16-3)4-5-12(10)13/h4-5,8-9,14H,6-7H2,1-3H3/i1D3,2D3,3D3,7D2. The van der Waals surface area contributed by atoms with Gasteiger partial charge < -0.3 is 14.6 Å². The number of nitrogens with zero attached hydrogens (tertiary/aromatic N) is 1. The first-order chi connectivity index (χ1) is 12.0. The van der Waals surface area contributed by atoms with Gasteiger partial charge in [-0.1, -0.05) is 0 Å². The van der Waals surface area contributed by atoms with E-state index in [9.17, 15) is 0 Å². The molecule has 0 bridgehead atoms. The third-order valence-corrected chi connectivity index (χ3v) is 2.28. The highest BCUT2D eigenvalue weighted by atomic mass is 16.5. The van der Waals surface area contributed by atoms with Crippen LogP contribution >= 0.6 is 0 Å². The summed E-state index contributed by atoms with van der Waals surface area (Å²) >= 11 is 0. The minimum absolute atomic E-state index is 0.0746. The zero-order chi connectivity index (χ0) is 20.8. The Balaban J connectivity index is 2.37. The lowest BCUT2D eigenvalue weighted by molar-refractivity contribution is 0.414. The summed E-state index contributed by atoms with van der Waals surface area (Å²) in [5.74, 6) is 0.0746. The highest BCUT2D eigenvalue weighted by Gasteiger charge is 2.04.